The highest BCUT2D eigenvalue weighted by atomic mass is 79.9. The van der Waals surface area contributed by atoms with Crippen molar-refractivity contribution in [3.8, 4) is 5.75 Å². The van der Waals surface area contributed by atoms with E-state index in [0.29, 0.717) is 6.07 Å². The van der Waals surface area contributed by atoms with Crippen LogP contribution < -0.4 is 4.74 Å². The lowest BCUT2D eigenvalue weighted by Crippen LogP contribution is -2.22. The van der Waals surface area contributed by atoms with Gasteiger partial charge in [-0.25, -0.2) is 9.78 Å². The largest absolute Gasteiger partial charge is 0.573 e. The average molecular weight is 382 g/mol. The molecular formula is C10H6BrF6NO3. The third-order valence-corrected chi connectivity index (χ3v) is 2.67. The fraction of sp³-hybridized carbons (Fsp3) is 0.400. The molecule has 118 valence electrons. The molecule has 1 aromatic heterocycles. The summed E-state index contributed by atoms with van der Waals surface area (Å²) < 4.78 is 82.9. The molecule has 0 atom stereocenters. The van der Waals surface area contributed by atoms with Crippen LogP contribution in [0.4, 0.5) is 26.3 Å². The predicted molar refractivity (Wildman–Crippen MR) is 59.9 cm³/mol. The molecule has 0 fully saturated rings. The van der Waals surface area contributed by atoms with Gasteiger partial charge in [-0.3, -0.25) is 0 Å². The maximum atomic E-state index is 12.8. The first-order chi connectivity index (χ1) is 9.49. The lowest BCUT2D eigenvalue weighted by Gasteiger charge is -2.17. The quantitative estimate of drug-likeness (QED) is 0.455. The number of aromatic nitrogens is 1. The first kappa shape index (κ1) is 17.5. The molecule has 0 amide bonds. The Kier molecular flexibility index (Phi) is 5.07. The molecule has 0 aliphatic carbocycles. The molecule has 0 spiro atoms. The topological polar surface area (TPSA) is 48.4 Å². The van der Waals surface area contributed by atoms with Gasteiger partial charge in [-0.1, -0.05) is 15.9 Å². The number of carbonyl (C=O) groups is 1. The number of ether oxygens (including phenoxy) is 2. The molecule has 0 saturated carbocycles. The van der Waals surface area contributed by atoms with E-state index in [2.05, 4.69) is 30.4 Å². The van der Waals surface area contributed by atoms with Gasteiger partial charge in [0.15, 0.2) is 11.4 Å². The van der Waals surface area contributed by atoms with Crippen LogP contribution in [0.15, 0.2) is 6.07 Å². The number of methoxy groups -OCH3 is 1. The van der Waals surface area contributed by atoms with E-state index in [0.717, 1.165) is 7.11 Å². The molecular weight excluding hydrogens is 376 g/mol. The molecule has 1 heterocycles. The van der Waals surface area contributed by atoms with Gasteiger partial charge in [-0.15, -0.1) is 13.2 Å². The van der Waals surface area contributed by atoms with Gasteiger partial charge in [0, 0.05) is 17.0 Å². The zero-order valence-electron chi connectivity index (χ0n) is 10.1. The third kappa shape index (κ3) is 4.48. The van der Waals surface area contributed by atoms with Gasteiger partial charge in [-0.2, -0.15) is 13.2 Å². The summed E-state index contributed by atoms with van der Waals surface area (Å²) in [6, 6.07) is 0.436. The van der Waals surface area contributed by atoms with Gasteiger partial charge in [-0.05, 0) is 0 Å². The van der Waals surface area contributed by atoms with Crippen LogP contribution in [-0.4, -0.2) is 24.4 Å². The zero-order chi connectivity index (χ0) is 16.4. The molecule has 4 nitrogen and oxygen atoms in total. The molecule has 0 aliphatic heterocycles. The van der Waals surface area contributed by atoms with Crippen molar-refractivity contribution in [1.82, 2.24) is 4.98 Å². The molecule has 0 N–H and O–H groups in total. The highest BCUT2D eigenvalue weighted by Crippen LogP contribution is 2.38. The van der Waals surface area contributed by atoms with E-state index in [1.54, 1.807) is 0 Å². The van der Waals surface area contributed by atoms with E-state index >= 15 is 0 Å². The molecule has 21 heavy (non-hydrogen) atoms. The van der Waals surface area contributed by atoms with E-state index in [-0.39, 0.29) is 0 Å². The van der Waals surface area contributed by atoms with Crippen LogP contribution in [0.25, 0.3) is 0 Å². The minimum Gasteiger partial charge on any atom is -0.464 e. The Labute approximate surface area is 122 Å². The number of alkyl halides is 7. The number of hydrogen-bond donors (Lipinski definition) is 0. The highest BCUT2D eigenvalue weighted by Gasteiger charge is 2.40. The van der Waals surface area contributed by atoms with Gasteiger partial charge in [0.05, 0.1) is 7.11 Å². The van der Waals surface area contributed by atoms with Crippen LogP contribution in [0.5, 0.6) is 5.75 Å². The molecule has 0 saturated heterocycles. The van der Waals surface area contributed by atoms with Crippen molar-refractivity contribution < 1.29 is 40.6 Å². The van der Waals surface area contributed by atoms with Gasteiger partial charge in [0.1, 0.15) is 5.75 Å². The highest BCUT2D eigenvalue weighted by molar-refractivity contribution is 9.08. The Morgan fingerprint density at radius 1 is 1.29 bits per heavy atom. The van der Waals surface area contributed by atoms with Crippen LogP contribution in [0, 0.1) is 0 Å². The standard InChI is InChI=1S/C10H6BrF6NO3/c1-20-8(19)5-2-6(21-10(15,16)17)4(3-11)7(18-5)9(12,13)14/h2H,3H2,1H3. The average Bonchev–Trinajstić information content (AvgIpc) is 2.33. The summed E-state index contributed by atoms with van der Waals surface area (Å²) in [5, 5.41) is -0.609. The van der Waals surface area contributed by atoms with Gasteiger partial charge >= 0.3 is 18.5 Å². The molecule has 0 aliphatic rings. The van der Waals surface area contributed by atoms with Gasteiger partial charge < -0.3 is 9.47 Å². The summed E-state index contributed by atoms with van der Waals surface area (Å²) in [4.78, 5) is 14.2. The van der Waals surface area contributed by atoms with E-state index in [9.17, 15) is 31.1 Å². The number of esters is 1. The Balaban J connectivity index is 3.56. The second-order valence-corrected chi connectivity index (χ2v) is 4.06. The first-order valence-electron chi connectivity index (χ1n) is 5.00. The molecule has 0 unspecified atom stereocenters. The van der Waals surface area contributed by atoms with Crippen molar-refractivity contribution in [3.63, 3.8) is 0 Å². The van der Waals surface area contributed by atoms with Crippen LogP contribution >= 0.6 is 15.9 Å². The molecule has 0 radical (unpaired) electrons. The molecule has 1 aromatic rings. The minimum absolute atomic E-state index is 0.436. The summed E-state index contributed by atoms with van der Waals surface area (Å²) in [7, 11) is 0.847. The van der Waals surface area contributed by atoms with Crippen LogP contribution in [0.3, 0.4) is 0 Å². The number of nitrogens with zero attached hydrogens (tertiary/aromatic N) is 1. The smallest absolute Gasteiger partial charge is 0.464 e. The summed E-state index contributed by atoms with van der Waals surface area (Å²) in [5.41, 5.74) is -3.50. The minimum atomic E-state index is -5.23. The van der Waals surface area contributed by atoms with Gasteiger partial charge in [0.25, 0.3) is 0 Å². The van der Waals surface area contributed by atoms with Crippen molar-refractivity contribution in [2.75, 3.05) is 7.11 Å². The predicted octanol–water partition coefficient (Wildman–Crippen LogP) is 3.68. The van der Waals surface area contributed by atoms with Crippen LogP contribution in [0.2, 0.25) is 0 Å². The molecule has 0 bridgehead atoms. The number of pyridine rings is 1. The Hall–Kier alpha value is -1.52. The Morgan fingerprint density at radius 2 is 1.86 bits per heavy atom. The molecule has 1 rings (SSSR count). The molecule has 0 aromatic carbocycles. The number of carbonyl (C=O) groups excluding carboxylic acids is 1. The van der Waals surface area contributed by atoms with E-state index < -0.39 is 46.5 Å². The fourth-order valence-electron chi connectivity index (χ4n) is 1.34. The summed E-state index contributed by atoms with van der Waals surface area (Å²) in [6.45, 7) is 0. The summed E-state index contributed by atoms with van der Waals surface area (Å²) >= 11 is 2.63. The Morgan fingerprint density at radius 3 is 2.24 bits per heavy atom. The lowest BCUT2D eigenvalue weighted by atomic mass is 10.1. The number of halogens is 7. The van der Waals surface area contributed by atoms with E-state index in [4.69, 9.17) is 0 Å². The Bertz CT molecular complexity index is 543. The summed E-state index contributed by atoms with van der Waals surface area (Å²) in [5.74, 6) is -2.50. The lowest BCUT2D eigenvalue weighted by molar-refractivity contribution is -0.275. The van der Waals surface area contributed by atoms with Gasteiger partial charge in [0.2, 0.25) is 0 Å². The third-order valence-electron chi connectivity index (χ3n) is 2.11. The SMILES string of the molecule is COC(=O)c1cc(OC(F)(F)F)c(CBr)c(C(F)(F)F)n1. The van der Waals surface area contributed by atoms with Crippen molar-refractivity contribution in [2.45, 2.75) is 17.9 Å². The molecule has 11 heteroatoms. The van der Waals surface area contributed by atoms with E-state index in [1.807, 2.05) is 0 Å². The fourth-order valence-corrected chi connectivity index (χ4v) is 1.88. The second-order valence-electron chi connectivity index (χ2n) is 3.50. The van der Waals surface area contributed by atoms with E-state index in [1.165, 1.54) is 0 Å². The van der Waals surface area contributed by atoms with Crippen molar-refractivity contribution in [2.24, 2.45) is 0 Å². The summed E-state index contributed by atoms with van der Waals surface area (Å²) in [6.07, 6.45) is -10.3. The second kappa shape index (κ2) is 6.08. The van der Waals surface area contributed by atoms with Crippen molar-refractivity contribution in [3.05, 3.63) is 23.0 Å². The van der Waals surface area contributed by atoms with Crippen molar-refractivity contribution in [1.29, 1.82) is 0 Å². The van der Waals surface area contributed by atoms with Crippen LogP contribution in [0.1, 0.15) is 21.7 Å². The zero-order valence-corrected chi connectivity index (χ0v) is 11.7. The normalized spacial score (nSPS) is 12.2. The van der Waals surface area contributed by atoms with Crippen LogP contribution in [-0.2, 0) is 16.2 Å². The first-order valence-corrected chi connectivity index (χ1v) is 6.13. The number of hydrogen-bond acceptors (Lipinski definition) is 4. The maximum absolute atomic E-state index is 12.8. The van der Waals surface area contributed by atoms with Crippen molar-refractivity contribution >= 4 is 21.9 Å². The monoisotopic (exact) mass is 381 g/mol. The maximum Gasteiger partial charge on any atom is 0.573 e. The number of rotatable bonds is 3.